The van der Waals surface area contributed by atoms with E-state index < -0.39 is 0 Å². The molecule has 1 rings (SSSR count). The minimum atomic E-state index is -0.304. The zero-order valence-corrected chi connectivity index (χ0v) is 10.7. The van der Waals surface area contributed by atoms with Gasteiger partial charge >= 0.3 is 0 Å². The third-order valence-electron chi connectivity index (χ3n) is 2.66. The molecule has 3 N–H and O–H groups in total. The molecule has 17 heavy (non-hydrogen) atoms. The van der Waals surface area contributed by atoms with Gasteiger partial charge in [0.15, 0.2) is 0 Å². The third-order valence-corrected chi connectivity index (χ3v) is 2.66. The van der Waals surface area contributed by atoms with Crippen molar-refractivity contribution < 1.29 is 9.13 Å². The topological polar surface area (TPSA) is 47.3 Å². The second-order valence-corrected chi connectivity index (χ2v) is 4.27. The number of benzene rings is 1. The van der Waals surface area contributed by atoms with Gasteiger partial charge in [-0.05, 0) is 37.5 Å². The van der Waals surface area contributed by atoms with Gasteiger partial charge in [0.25, 0.3) is 0 Å². The number of hydrogen-bond acceptors (Lipinski definition) is 3. The van der Waals surface area contributed by atoms with E-state index in [1.807, 2.05) is 26.8 Å². The molecule has 0 amide bonds. The van der Waals surface area contributed by atoms with Crippen LogP contribution >= 0.6 is 0 Å². The molecular formula is C13H21FN2O. The molecule has 3 nitrogen and oxygen atoms in total. The predicted octanol–water partition coefficient (Wildman–Crippen LogP) is 2.37. The van der Waals surface area contributed by atoms with Crippen LogP contribution in [-0.2, 0) is 4.74 Å². The average molecular weight is 240 g/mol. The lowest BCUT2D eigenvalue weighted by Crippen LogP contribution is -2.32. The van der Waals surface area contributed by atoms with Crippen LogP contribution in [0, 0.1) is 19.7 Å². The van der Waals surface area contributed by atoms with Gasteiger partial charge in [-0.25, -0.2) is 4.39 Å². The fraction of sp³-hybridized carbons (Fsp3) is 0.538. The molecular weight excluding hydrogens is 219 g/mol. The first kappa shape index (κ1) is 14.1. The van der Waals surface area contributed by atoms with Crippen LogP contribution in [0.2, 0.25) is 0 Å². The number of nitrogens with two attached hydrogens (primary N) is 1. The van der Waals surface area contributed by atoms with Crippen LogP contribution in [0.3, 0.4) is 0 Å². The first-order valence-electron chi connectivity index (χ1n) is 5.90. The normalized spacial score (nSPS) is 12.8. The summed E-state index contributed by atoms with van der Waals surface area (Å²) in [5.74, 6) is 5.24. The van der Waals surface area contributed by atoms with Crippen molar-refractivity contribution in [3.63, 3.8) is 0 Å². The molecule has 1 aromatic carbocycles. The van der Waals surface area contributed by atoms with Crippen molar-refractivity contribution >= 4 is 0 Å². The highest BCUT2D eigenvalue weighted by Gasteiger charge is 2.17. The molecule has 0 bridgehead atoms. The van der Waals surface area contributed by atoms with Crippen LogP contribution in [0.15, 0.2) is 12.1 Å². The maximum Gasteiger partial charge on any atom is 0.128 e. The summed E-state index contributed by atoms with van der Waals surface area (Å²) in [7, 11) is 0. The molecule has 0 spiro atoms. The highest BCUT2D eigenvalue weighted by atomic mass is 19.1. The highest BCUT2D eigenvalue weighted by Crippen LogP contribution is 2.22. The summed E-state index contributed by atoms with van der Waals surface area (Å²) in [6, 6.07) is 3.16. The summed E-state index contributed by atoms with van der Waals surface area (Å²) in [6.07, 6.45) is 0.937. The van der Waals surface area contributed by atoms with Crippen molar-refractivity contribution in [1.82, 2.24) is 5.43 Å². The maximum absolute atomic E-state index is 13.9. The molecule has 0 saturated heterocycles. The minimum absolute atomic E-state index is 0.231. The highest BCUT2D eigenvalue weighted by molar-refractivity contribution is 5.34. The molecule has 0 aliphatic rings. The Labute approximate surface area is 102 Å². The summed E-state index contributed by atoms with van der Waals surface area (Å²) in [4.78, 5) is 0. The van der Waals surface area contributed by atoms with E-state index in [1.54, 1.807) is 0 Å². The van der Waals surface area contributed by atoms with Gasteiger partial charge in [0.2, 0.25) is 0 Å². The first-order valence-corrected chi connectivity index (χ1v) is 5.90. The van der Waals surface area contributed by atoms with E-state index in [4.69, 9.17) is 10.6 Å². The maximum atomic E-state index is 13.9. The Hall–Kier alpha value is -0.970. The van der Waals surface area contributed by atoms with Crippen LogP contribution in [0.1, 0.15) is 36.1 Å². The molecule has 1 aromatic rings. The Kier molecular flexibility index (Phi) is 5.55. The number of ether oxygens (including phenoxy) is 1. The molecule has 0 aliphatic heterocycles. The van der Waals surface area contributed by atoms with Gasteiger partial charge in [0, 0.05) is 12.2 Å². The summed E-state index contributed by atoms with van der Waals surface area (Å²) in [5, 5.41) is 0. The van der Waals surface area contributed by atoms with E-state index in [9.17, 15) is 4.39 Å². The zero-order valence-electron chi connectivity index (χ0n) is 10.7. The lowest BCUT2D eigenvalue weighted by molar-refractivity contribution is 0.111. The summed E-state index contributed by atoms with van der Waals surface area (Å²) in [5.41, 5.74) is 5.01. The van der Waals surface area contributed by atoms with Gasteiger partial charge in [-0.2, -0.15) is 0 Å². The van der Waals surface area contributed by atoms with E-state index in [-0.39, 0.29) is 11.9 Å². The van der Waals surface area contributed by atoms with Crippen LogP contribution in [0.5, 0.6) is 0 Å². The van der Waals surface area contributed by atoms with Gasteiger partial charge in [0.05, 0.1) is 12.6 Å². The molecule has 4 heteroatoms. The van der Waals surface area contributed by atoms with Crippen molar-refractivity contribution in [3.05, 3.63) is 34.6 Å². The molecule has 0 aromatic heterocycles. The Bertz CT molecular complexity index is 345. The number of halogens is 1. The van der Waals surface area contributed by atoms with Crippen LogP contribution in [0.4, 0.5) is 4.39 Å². The van der Waals surface area contributed by atoms with Crippen LogP contribution < -0.4 is 11.3 Å². The predicted molar refractivity (Wildman–Crippen MR) is 67.0 cm³/mol. The first-order chi connectivity index (χ1) is 8.10. The zero-order chi connectivity index (χ0) is 12.8. The Morgan fingerprint density at radius 2 is 2.12 bits per heavy atom. The Morgan fingerprint density at radius 3 is 2.65 bits per heavy atom. The largest absolute Gasteiger partial charge is 0.379 e. The molecule has 96 valence electrons. The second-order valence-electron chi connectivity index (χ2n) is 4.27. The Morgan fingerprint density at radius 1 is 1.41 bits per heavy atom. The fourth-order valence-electron chi connectivity index (χ4n) is 1.93. The molecule has 1 unspecified atom stereocenters. The van der Waals surface area contributed by atoms with E-state index in [1.165, 1.54) is 6.07 Å². The Balaban J connectivity index is 2.87. The number of rotatable bonds is 6. The van der Waals surface area contributed by atoms with E-state index >= 15 is 0 Å². The van der Waals surface area contributed by atoms with Crippen molar-refractivity contribution in [2.75, 3.05) is 13.2 Å². The standard InChI is InChI=1S/C13H21FN2O/c1-4-5-17-8-12(16-15)13-10(3)6-9(2)7-11(13)14/h6-7,12,16H,4-5,8,15H2,1-3H3. The lowest BCUT2D eigenvalue weighted by atomic mass is 9.99. The van der Waals surface area contributed by atoms with Crippen molar-refractivity contribution in [3.8, 4) is 0 Å². The monoisotopic (exact) mass is 240 g/mol. The van der Waals surface area contributed by atoms with Gasteiger partial charge in [-0.1, -0.05) is 13.0 Å². The average Bonchev–Trinajstić information content (AvgIpc) is 2.25. The number of hydrazine groups is 1. The molecule has 0 heterocycles. The van der Waals surface area contributed by atoms with Gasteiger partial charge in [0.1, 0.15) is 5.82 Å². The molecule has 0 aliphatic carbocycles. The van der Waals surface area contributed by atoms with Gasteiger partial charge in [-0.3, -0.25) is 11.3 Å². The molecule has 0 fully saturated rings. The van der Waals surface area contributed by atoms with Crippen molar-refractivity contribution in [1.29, 1.82) is 0 Å². The van der Waals surface area contributed by atoms with E-state index in [0.29, 0.717) is 18.8 Å². The van der Waals surface area contributed by atoms with E-state index in [0.717, 1.165) is 17.5 Å². The third kappa shape index (κ3) is 3.77. The summed E-state index contributed by atoms with van der Waals surface area (Å²) < 4.78 is 19.3. The van der Waals surface area contributed by atoms with Crippen molar-refractivity contribution in [2.24, 2.45) is 5.84 Å². The van der Waals surface area contributed by atoms with E-state index in [2.05, 4.69) is 5.43 Å². The summed E-state index contributed by atoms with van der Waals surface area (Å²) >= 11 is 0. The van der Waals surface area contributed by atoms with Gasteiger partial charge in [-0.15, -0.1) is 0 Å². The smallest absolute Gasteiger partial charge is 0.128 e. The molecule has 1 atom stereocenters. The molecule has 0 saturated carbocycles. The van der Waals surface area contributed by atoms with Crippen LogP contribution in [-0.4, -0.2) is 13.2 Å². The number of aryl methyl sites for hydroxylation is 2. The number of nitrogens with one attached hydrogen (secondary N) is 1. The summed E-state index contributed by atoms with van der Waals surface area (Å²) in [6.45, 7) is 6.83. The SMILES string of the molecule is CCCOCC(NN)c1c(C)cc(C)cc1F. The minimum Gasteiger partial charge on any atom is -0.379 e. The lowest BCUT2D eigenvalue weighted by Gasteiger charge is -2.19. The van der Waals surface area contributed by atoms with Crippen LogP contribution in [0.25, 0.3) is 0 Å². The van der Waals surface area contributed by atoms with Gasteiger partial charge < -0.3 is 4.74 Å². The molecule has 0 radical (unpaired) electrons. The quantitative estimate of drug-likeness (QED) is 0.456. The van der Waals surface area contributed by atoms with Crippen molar-refractivity contribution in [2.45, 2.75) is 33.2 Å². The second kappa shape index (κ2) is 6.69. The number of hydrogen-bond donors (Lipinski definition) is 2. The fourth-order valence-corrected chi connectivity index (χ4v) is 1.93.